The van der Waals surface area contributed by atoms with Crippen LogP contribution in [0.15, 0.2) is 12.3 Å². The number of anilines is 1. The largest absolute Gasteiger partial charge is 0.372 e. The van der Waals surface area contributed by atoms with E-state index in [0.29, 0.717) is 16.4 Å². The predicted octanol–water partition coefficient (Wildman–Crippen LogP) is 1.48. The molecular weight excluding hydrogens is 202 g/mol. The molecule has 0 spiro atoms. The van der Waals surface area contributed by atoms with E-state index in [-0.39, 0.29) is 5.91 Å². The van der Waals surface area contributed by atoms with Gasteiger partial charge in [0.05, 0.1) is 10.6 Å². The number of nitrogens with one attached hydrogen (secondary N) is 1. The topological polar surface area (TPSA) is 45.2 Å². The van der Waals surface area contributed by atoms with Gasteiger partial charge in [0.1, 0.15) is 5.82 Å². The molecule has 76 valence electrons. The lowest BCUT2D eigenvalue weighted by Crippen LogP contribution is -2.21. The molecule has 0 radical (unpaired) electrons. The summed E-state index contributed by atoms with van der Waals surface area (Å²) in [4.78, 5) is 17.0. The van der Waals surface area contributed by atoms with E-state index in [4.69, 9.17) is 11.6 Å². The van der Waals surface area contributed by atoms with Gasteiger partial charge in [-0.25, -0.2) is 4.98 Å². The highest BCUT2D eigenvalue weighted by Crippen LogP contribution is 2.19. The highest BCUT2D eigenvalue weighted by Gasteiger charge is 2.10. The molecule has 1 N–H and O–H groups in total. The van der Waals surface area contributed by atoms with Crippen LogP contribution in [0.2, 0.25) is 5.02 Å². The Morgan fingerprint density at radius 3 is 2.64 bits per heavy atom. The summed E-state index contributed by atoms with van der Waals surface area (Å²) >= 11 is 5.88. The molecular formula is C9H12ClN3O. The minimum Gasteiger partial charge on any atom is -0.372 e. The first-order valence-corrected chi connectivity index (χ1v) is 4.49. The first-order valence-electron chi connectivity index (χ1n) is 4.11. The maximum atomic E-state index is 11.5. The molecule has 1 aromatic rings. The summed E-state index contributed by atoms with van der Waals surface area (Å²) in [6, 6.07) is 1.60. The van der Waals surface area contributed by atoms with Crippen LogP contribution in [0.5, 0.6) is 0 Å². The van der Waals surface area contributed by atoms with Crippen LogP contribution in [0.3, 0.4) is 0 Å². The highest BCUT2D eigenvalue weighted by atomic mass is 35.5. The van der Waals surface area contributed by atoms with Gasteiger partial charge in [-0.1, -0.05) is 11.6 Å². The summed E-state index contributed by atoms with van der Waals surface area (Å²) in [5, 5.41) is 3.27. The minimum atomic E-state index is -0.109. The fraction of sp³-hybridized carbons (Fsp3) is 0.333. The van der Waals surface area contributed by atoms with Crippen LogP contribution >= 0.6 is 11.6 Å². The van der Waals surface area contributed by atoms with Crippen LogP contribution in [-0.4, -0.2) is 36.9 Å². The van der Waals surface area contributed by atoms with Crippen LogP contribution in [0.25, 0.3) is 0 Å². The molecule has 0 unspecified atom stereocenters. The smallest absolute Gasteiger partial charge is 0.254 e. The summed E-state index contributed by atoms with van der Waals surface area (Å²) < 4.78 is 0. The van der Waals surface area contributed by atoms with E-state index in [1.807, 2.05) is 0 Å². The van der Waals surface area contributed by atoms with Gasteiger partial charge in [-0.15, -0.1) is 0 Å². The Bertz CT molecular complexity index is 352. The summed E-state index contributed by atoms with van der Waals surface area (Å²) in [6.45, 7) is 0. The Morgan fingerprint density at radius 2 is 2.21 bits per heavy atom. The molecule has 1 aromatic heterocycles. The van der Waals surface area contributed by atoms with Crippen LogP contribution in [0.4, 0.5) is 5.82 Å². The Morgan fingerprint density at radius 1 is 1.57 bits per heavy atom. The molecule has 0 saturated carbocycles. The Labute approximate surface area is 87.9 Å². The third kappa shape index (κ3) is 2.14. The Hall–Kier alpha value is -1.29. The first-order chi connectivity index (χ1) is 6.56. The van der Waals surface area contributed by atoms with Gasteiger partial charge in [0.25, 0.3) is 5.91 Å². The normalized spacial score (nSPS) is 9.71. The van der Waals surface area contributed by atoms with Crippen molar-refractivity contribution in [2.75, 3.05) is 26.5 Å². The second-order valence-corrected chi connectivity index (χ2v) is 3.41. The number of carbonyl (C=O) groups is 1. The standard InChI is InChI=1S/C9H12ClN3O/c1-11-8-7(10)4-6(5-12-8)9(14)13(2)3/h4-5H,1-3H3,(H,11,12). The van der Waals surface area contributed by atoms with E-state index in [9.17, 15) is 4.79 Å². The van der Waals surface area contributed by atoms with Gasteiger partial charge in [0.2, 0.25) is 0 Å². The zero-order valence-electron chi connectivity index (χ0n) is 8.34. The number of hydrogen-bond donors (Lipinski definition) is 1. The number of amides is 1. The zero-order chi connectivity index (χ0) is 10.7. The van der Waals surface area contributed by atoms with Crippen molar-refractivity contribution in [3.8, 4) is 0 Å². The van der Waals surface area contributed by atoms with Crippen LogP contribution in [0, 0.1) is 0 Å². The van der Waals surface area contributed by atoms with E-state index < -0.39 is 0 Å². The molecule has 0 bridgehead atoms. The number of hydrogen-bond acceptors (Lipinski definition) is 3. The second-order valence-electron chi connectivity index (χ2n) is 3.00. The predicted molar refractivity (Wildman–Crippen MR) is 56.8 cm³/mol. The van der Waals surface area contributed by atoms with Gasteiger partial charge in [-0.2, -0.15) is 0 Å². The van der Waals surface area contributed by atoms with E-state index >= 15 is 0 Å². The molecule has 0 fully saturated rings. The Kier molecular flexibility index (Phi) is 3.30. The van der Waals surface area contributed by atoms with E-state index in [1.54, 1.807) is 27.2 Å². The van der Waals surface area contributed by atoms with Gasteiger partial charge in [-0.3, -0.25) is 4.79 Å². The van der Waals surface area contributed by atoms with Gasteiger partial charge >= 0.3 is 0 Å². The number of rotatable bonds is 2. The lowest BCUT2D eigenvalue weighted by atomic mass is 10.2. The summed E-state index contributed by atoms with van der Waals surface area (Å²) in [6.07, 6.45) is 1.50. The van der Waals surface area contributed by atoms with Gasteiger partial charge in [0.15, 0.2) is 0 Å². The minimum absolute atomic E-state index is 0.109. The van der Waals surface area contributed by atoms with Gasteiger partial charge in [0, 0.05) is 27.3 Å². The zero-order valence-corrected chi connectivity index (χ0v) is 9.09. The van der Waals surface area contributed by atoms with Crippen molar-refractivity contribution in [2.45, 2.75) is 0 Å². The van der Waals surface area contributed by atoms with E-state index in [0.717, 1.165) is 0 Å². The number of pyridine rings is 1. The molecule has 0 atom stereocenters. The van der Waals surface area contributed by atoms with Crippen molar-refractivity contribution in [3.05, 3.63) is 22.8 Å². The fourth-order valence-corrected chi connectivity index (χ4v) is 1.26. The van der Waals surface area contributed by atoms with Crippen molar-refractivity contribution in [3.63, 3.8) is 0 Å². The van der Waals surface area contributed by atoms with E-state index in [1.165, 1.54) is 11.1 Å². The number of halogens is 1. The lowest BCUT2D eigenvalue weighted by molar-refractivity contribution is 0.0827. The molecule has 0 aliphatic carbocycles. The SMILES string of the molecule is CNc1ncc(C(=O)N(C)C)cc1Cl. The van der Waals surface area contributed by atoms with Crippen LogP contribution < -0.4 is 5.32 Å². The second kappa shape index (κ2) is 4.28. The lowest BCUT2D eigenvalue weighted by Gasteiger charge is -2.10. The van der Waals surface area contributed by atoms with Crippen molar-refractivity contribution in [1.29, 1.82) is 0 Å². The van der Waals surface area contributed by atoms with Gasteiger partial charge in [-0.05, 0) is 6.07 Å². The summed E-state index contributed by atoms with van der Waals surface area (Å²) in [7, 11) is 5.09. The molecule has 1 amide bonds. The van der Waals surface area contributed by atoms with Crippen LogP contribution in [0.1, 0.15) is 10.4 Å². The number of carbonyl (C=O) groups excluding carboxylic acids is 1. The third-order valence-corrected chi connectivity index (χ3v) is 2.02. The molecule has 1 rings (SSSR count). The molecule has 5 heteroatoms. The maximum Gasteiger partial charge on any atom is 0.254 e. The first kappa shape index (κ1) is 10.8. The van der Waals surface area contributed by atoms with E-state index in [2.05, 4.69) is 10.3 Å². The van der Waals surface area contributed by atoms with Gasteiger partial charge < -0.3 is 10.2 Å². The van der Waals surface area contributed by atoms with Crippen molar-refractivity contribution >= 4 is 23.3 Å². The summed E-state index contributed by atoms with van der Waals surface area (Å²) in [5.41, 5.74) is 0.485. The van der Waals surface area contributed by atoms with Crippen molar-refractivity contribution in [2.24, 2.45) is 0 Å². The molecule has 0 aliphatic heterocycles. The molecule has 0 aromatic carbocycles. The summed E-state index contributed by atoms with van der Waals surface area (Å²) in [5.74, 6) is 0.462. The quantitative estimate of drug-likeness (QED) is 0.810. The fourth-order valence-electron chi connectivity index (χ4n) is 0.997. The van der Waals surface area contributed by atoms with Crippen LogP contribution in [-0.2, 0) is 0 Å². The average Bonchev–Trinajstić information content (AvgIpc) is 2.16. The highest BCUT2D eigenvalue weighted by molar-refractivity contribution is 6.33. The number of aromatic nitrogens is 1. The maximum absolute atomic E-state index is 11.5. The number of nitrogens with zero attached hydrogens (tertiary/aromatic N) is 2. The molecule has 0 aliphatic rings. The molecule has 1 heterocycles. The molecule has 0 saturated heterocycles. The Balaban J connectivity index is 3.03. The van der Waals surface area contributed by atoms with Crippen molar-refractivity contribution < 1.29 is 4.79 Å². The average molecular weight is 214 g/mol. The third-order valence-electron chi connectivity index (χ3n) is 1.73. The van der Waals surface area contributed by atoms with Crippen molar-refractivity contribution in [1.82, 2.24) is 9.88 Å². The molecule has 4 nitrogen and oxygen atoms in total. The molecule has 14 heavy (non-hydrogen) atoms. The monoisotopic (exact) mass is 213 g/mol.